The molecular formula is C12H25NO2S. The molecule has 0 radical (unpaired) electrons. The highest BCUT2D eigenvalue weighted by atomic mass is 32.2. The van der Waals surface area contributed by atoms with Crippen LogP contribution in [0.4, 0.5) is 0 Å². The Morgan fingerprint density at radius 3 is 2.62 bits per heavy atom. The molecule has 1 heterocycles. The summed E-state index contributed by atoms with van der Waals surface area (Å²) in [5.74, 6) is 1.77. The van der Waals surface area contributed by atoms with Gasteiger partial charge in [0.15, 0.2) is 0 Å². The Hall–Kier alpha value is 0.0700. The van der Waals surface area contributed by atoms with E-state index in [1.165, 1.54) is 6.42 Å². The minimum atomic E-state index is -0.537. The molecule has 16 heavy (non-hydrogen) atoms. The zero-order chi connectivity index (χ0) is 11.8. The fourth-order valence-corrected chi connectivity index (χ4v) is 3.15. The molecule has 0 spiro atoms. The van der Waals surface area contributed by atoms with Crippen LogP contribution < -0.4 is 5.32 Å². The standard InChI is InChI=1S/C12H25NO2S/c1-11(2)15-8-4-3-7-13-12-5-9-16(14)10-6-12/h11-13H,3-10H2,1-2H3. The zero-order valence-corrected chi connectivity index (χ0v) is 11.4. The topological polar surface area (TPSA) is 38.3 Å². The van der Waals surface area contributed by atoms with E-state index in [1.807, 2.05) is 0 Å². The van der Waals surface area contributed by atoms with Gasteiger partial charge in [-0.25, -0.2) is 0 Å². The highest BCUT2D eigenvalue weighted by Gasteiger charge is 2.16. The summed E-state index contributed by atoms with van der Waals surface area (Å²) in [7, 11) is -0.537. The van der Waals surface area contributed by atoms with Crippen molar-refractivity contribution in [2.24, 2.45) is 0 Å². The number of ether oxygens (including phenoxy) is 1. The van der Waals surface area contributed by atoms with Crippen molar-refractivity contribution in [3.05, 3.63) is 0 Å². The van der Waals surface area contributed by atoms with Gasteiger partial charge in [0, 0.05) is 35.0 Å². The highest BCUT2D eigenvalue weighted by molar-refractivity contribution is 7.85. The van der Waals surface area contributed by atoms with E-state index in [2.05, 4.69) is 19.2 Å². The van der Waals surface area contributed by atoms with Crippen molar-refractivity contribution in [3.8, 4) is 0 Å². The Bertz CT molecular complexity index is 199. The van der Waals surface area contributed by atoms with Crippen molar-refractivity contribution in [1.29, 1.82) is 0 Å². The molecule has 0 aromatic heterocycles. The predicted octanol–water partition coefficient (Wildman–Crippen LogP) is 1.69. The molecule has 1 saturated heterocycles. The zero-order valence-electron chi connectivity index (χ0n) is 10.5. The predicted molar refractivity (Wildman–Crippen MR) is 69.2 cm³/mol. The maximum atomic E-state index is 11.2. The third-order valence-electron chi connectivity index (χ3n) is 2.84. The molecule has 1 N–H and O–H groups in total. The van der Waals surface area contributed by atoms with E-state index in [9.17, 15) is 4.21 Å². The van der Waals surface area contributed by atoms with Gasteiger partial charge in [0.1, 0.15) is 0 Å². The molecule has 0 aliphatic carbocycles. The van der Waals surface area contributed by atoms with Crippen molar-refractivity contribution < 1.29 is 8.95 Å². The summed E-state index contributed by atoms with van der Waals surface area (Å²) in [4.78, 5) is 0. The minimum absolute atomic E-state index is 0.348. The molecule has 1 fully saturated rings. The van der Waals surface area contributed by atoms with E-state index in [1.54, 1.807) is 0 Å². The Morgan fingerprint density at radius 1 is 1.31 bits per heavy atom. The van der Waals surface area contributed by atoms with Crippen LogP contribution in [0.5, 0.6) is 0 Å². The van der Waals surface area contributed by atoms with Gasteiger partial charge in [0.2, 0.25) is 0 Å². The molecule has 0 aromatic carbocycles. The first-order valence-corrected chi connectivity index (χ1v) is 7.87. The summed E-state index contributed by atoms with van der Waals surface area (Å²) in [5.41, 5.74) is 0. The van der Waals surface area contributed by atoms with E-state index in [-0.39, 0.29) is 0 Å². The van der Waals surface area contributed by atoms with Gasteiger partial charge in [-0.05, 0) is 46.1 Å². The van der Waals surface area contributed by atoms with Crippen molar-refractivity contribution in [2.75, 3.05) is 24.7 Å². The molecule has 1 aliphatic rings. The van der Waals surface area contributed by atoms with E-state index in [0.29, 0.717) is 12.1 Å². The van der Waals surface area contributed by atoms with Gasteiger partial charge in [-0.3, -0.25) is 4.21 Å². The summed E-state index contributed by atoms with van der Waals surface area (Å²) in [6.45, 7) is 6.08. The fraction of sp³-hybridized carbons (Fsp3) is 1.00. The van der Waals surface area contributed by atoms with Gasteiger partial charge in [-0.15, -0.1) is 0 Å². The van der Waals surface area contributed by atoms with E-state index in [0.717, 1.165) is 43.9 Å². The van der Waals surface area contributed by atoms with Gasteiger partial charge < -0.3 is 10.1 Å². The van der Waals surface area contributed by atoms with Crippen LogP contribution in [0.3, 0.4) is 0 Å². The van der Waals surface area contributed by atoms with E-state index < -0.39 is 10.8 Å². The van der Waals surface area contributed by atoms with Gasteiger partial charge in [0.05, 0.1) is 6.10 Å². The lowest BCUT2D eigenvalue weighted by Crippen LogP contribution is -2.36. The molecular weight excluding hydrogens is 222 g/mol. The minimum Gasteiger partial charge on any atom is -0.379 e. The monoisotopic (exact) mass is 247 g/mol. The Morgan fingerprint density at radius 2 is 2.00 bits per heavy atom. The number of unbranched alkanes of at least 4 members (excludes halogenated alkanes) is 1. The average molecular weight is 247 g/mol. The fourth-order valence-electron chi connectivity index (χ4n) is 1.85. The van der Waals surface area contributed by atoms with Crippen molar-refractivity contribution in [3.63, 3.8) is 0 Å². The molecule has 0 saturated carbocycles. The number of hydrogen-bond acceptors (Lipinski definition) is 3. The van der Waals surface area contributed by atoms with Crippen molar-refractivity contribution >= 4 is 10.8 Å². The maximum Gasteiger partial charge on any atom is 0.0518 e. The van der Waals surface area contributed by atoms with E-state index in [4.69, 9.17) is 4.74 Å². The average Bonchev–Trinajstić information content (AvgIpc) is 2.25. The molecule has 4 heteroatoms. The maximum absolute atomic E-state index is 11.2. The third-order valence-corrected chi connectivity index (χ3v) is 4.23. The summed E-state index contributed by atoms with van der Waals surface area (Å²) in [5, 5.41) is 3.54. The molecule has 0 unspecified atom stereocenters. The molecule has 0 amide bonds. The summed E-state index contributed by atoms with van der Waals surface area (Å²) >= 11 is 0. The first-order chi connectivity index (χ1) is 7.68. The lowest BCUT2D eigenvalue weighted by Gasteiger charge is -2.22. The van der Waals surface area contributed by atoms with Crippen molar-refractivity contribution in [1.82, 2.24) is 5.32 Å². The second-order valence-corrected chi connectivity index (χ2v) is 6.40. The largest absolute Gasteiger partial charge is 0.379 e. The Balaban J connectivity index is 1.89. The van der Waals surface area contributed by atoms with Crippen LogP contribution in [0.25, 0.3) is 0 Å². The van der Waals surface area contributed by atoms with Crippen LogP contribution in [0.1, 0.15) is 39.5 Å². The normalized spacial score (nSPS) is 26.2. The lowest BCUT2D eigenvalue weighted by molar-refractivity contribution is 0.0759. The third kappa shape index (κ3) is 6.61. The smallest absolute Gasteiger partial charge is 0.0518 e. The van der Waals surface area contributed by atoms with Gasteiger partial charge in [-0.2, -0.15) is 0 Å². The molecule has 3 nitrogen and oxygen atoms in total. The van der Waals surface area contributed by atoms with Crippen molar-refractivity contribution in [2.45, 2.75) is 51.7 Å². The summed E-state index contributed by atoms with van der Waals surface area (Å²) in [6.07, 6.45) is 4.81. The van der Waals surface area contributed by atoms with Gasteiger partial charge in [0.25, 0.3) is 0 Å². The number of nitrogens with one attached hydrogen (secondary N) is 1. The van der Waals surface area contributed by atoms with Crippen LogP contribution in [-0.4, -0.2) is 41.0 Å². The Labute approximate surface area is 102 Å². The summed E-state index contributed by atoms with van der Waals surface area (Å²) in [6, 6.07) is 0.601. The second-order valence-electron chi connectivity index (χ2n) is 4.70. The quantitative estimate of drug-likeness (QED) is 0.696. The highest BCUT2D eigenvalue weighted by Crippen LogP contribution is 2.09. The Kier molecular flexibility index (Phi) is 7.25. The second kappa shape index (κ2) is 8.20. The first kappa shape index (κ1) is 14.1. The molecule has 1 rings (SSSR count). The number of rotatable bonds is 7. The van der Waals surface area contributed by atoms with Crippen LogP contribution in [-0.2, 0) is 15.5 Å². The lowest BCUT2D eigenvalue weighted by atomic mass is 10.1. The molecule has 1 aliphatic heterocycles. The van der Waals surface area contributed by atoms with Crippen LogP contribution in [0.15, 0.2) is 0 Å². The SMILES string of the molecule is CC(C)OCCCCNC1CCS(=O)CC1. The molecule has 0 aromatic rings. The number of hydrogen-bond donors (Lipinski definition) is 1. The molecule has 0 atom stereocenters. The van der Waals surface area contributed by atoms with E-state index >= 15 is 0 Å². The van der Waals surface area contributed by atoms with Crippen LogP contribution in [0.2, 0.25) is 0 Å². The van der Waals surface area contributed by atoms with Crippen LogP contribution in [0, 0.1) is 0 Å². The van der Waals surface area contributed by atoms with Crippen LogP contribution >= 0.6 is 0 Å². The molecule has 96 valence electrons. The molecule has 0 bridgehead atoms. The first-order valence-electron chi connectivity index (χ1n) is 6.38. The van der Waals surface area contributed by atoms with Gasteiger partial charge in [-0.1, -0.05) is 0 Å². The van der Waals surface area contributed by atoms with Gasteiger partial charge >= 0.3 is 0 Å². The summed E-state index contributed by atoms with van der Waals surface area (Å²) < 4.78 is 16.6.